The molecule has 0 saturated carbocycles. The standard InChI is InChI=1S/C15H9F3N2O3/c16-15(17,18)10-7-22-13(11(10)8-4-2-1-3-5-8)12-9(14(19)21)6-23-20-12/h1-7H,(H2,19,21). The maximum absolute atomic E-state index is 13.3. The third-order valence-corrected chi connectivity index (χ3v) is 3.21. The van der Waals surface area contributed by atoms with Crippen LogP contribution in [0.2, 0.25) is 0 Å². The number of carbonyl (C=O) groups is 1. The molecule has 8 heteroatoms. The molecule has 23 heavy (non-hydrogen) atoms. The first-order valence-corrected chi connectivity index (χ1v) is 6.38. The Morgan fingerprint density at radius 2 is 1.83 bits per heavy atom. The summed E-state index contributed by atoms with van der Waals surface area (Å²) in [4.78, 5) is 11.4. The minimum absolute atomic E-state index is 0.162. The number of benzene rings is 1. The summed E-state index contributed by atoms with van der Waals surface area (Å²) in [6.07, 6.45) is -3.09. The molecular formula is C15H9F3N2O3. The molecule has 2 heterocycles. The van der Waals surface area contributed by atoms with Crippen LogP contribution in [0.15, 0.2) is 51.8 Å². The lowest BCUT2D eigenvalue weighted by Gasteiger charge is -2.08. The van der Waals surface area contributed by atoms with Crippen LogP contribution in [0.5, 0.6) is 0 Å². The Morgan fingerprint density at radius 1 is 1.13 bits per heavy atom. The molecule has 2 N–H and O–H groups in total. The van der Waals surface area contributed by atoms with E-state index in [4.69, 9.17) is 10.2 Å². The van der Waals surface area contributed by atoms with E-state index in [0.29, 0.717) is 6.26 Å². The van der Waals surface area contributed by atoms with E-state index in [0.717, 1.165) is 6.26 Å². The molecule has 0 bridgehead atoms. The minimum Gasteiger partial charge on any atom is -0.461 e. The number of nitrogens with two attached hydrogens (primary N) is 1. The first kappa shape index (κ1) is 14.9. The summed E-state index contributed by atoms with van der Waals surface area (Å²) in [7, 11) is 0. The van der Waals surface area contributed by atoms with Gasteiger partial charge < -0.3 is 14.7 Å². The topological polar surface area (TPSA) is 82.3 Å². The van der Waals surface area contributed by atoms with E-state index in [2.05, 4.69) is 9.68 Å². The number of primary amides is 1. The number of amides is 1. The van der Waals surface area contributed by atoms with Gasteiger partial charge in [-0.05, 0) is 5.56 Å². The van der Waals surface area contributed by atoms with Gasteiger partial charge in [0.05, 0.1) is 0 Å². The Balaban J connectivity index is 2.29. The molecule has 1 aromatic carbocycles. The molecule has 5 nitrogen and oxygen atoms in total. The third-order valence-electron chi connectivity index (χ3n) is 3.21. The fourth-order valence-electron chi connectivity index (χ4n) is 2.21. The second kappa shape index (κ2) is 5.31. The van der Waals surface area contributed by atoms with E-state index < -0.39 is 17.6 Å². The highest BCUT2D eigenvalue weighted by Crippen LogP contribution is 2.44. The number of nitrogens with zero attached hydrogens (tertiary/aromatic N) is 1. The van der Waals surface area contributed by atoms with Crippen molar-refractivity contribution >= 4 is 5.91 Å². The van der Waals surface area contributed by atoms with Crippen LogP contribution in [0.4, 0.5) is 13.2 Å². The van der Waals surface area contributed by atoms with Crippen molar-refractivity contribution in [1.29, 1.82) is 0 Å². The van der Waals surface area contributed by atoms with Crippen LogP contribution in [0.25, 0.3) is 22.6 Å². The number of aromatic nitrogens is 1. The largest absolute Gasteiger partial charge is 0.461 e. The second-order valence-electron chi connectivity index (χ2n) is 4.66. The van der Waals surface area contributed by atoms with Gasteiger partial charge in [0.1, 0.15) is 23.7 Å². The van der Waals surface area contributed by atoms with Crippen LogP contribution < -0.4 is 5.73 Å². The van der Waals surface area contributed by atoms with Gasteiger partial charge in [-0.15, -0.1) is 0 Å². The third kappa shape index (κ3) is 2.59. The van der Waals surface area contributed by atoms with Crippen molar-refractivity contribution in [3.63, 3.8) is 0 Å². The van der Waals surface area contributed by atoms with Crippen LogP contribution in [-0.4, -0.2) is 11.1 Å². The Labute approximate surface area is 127 Å². The Morgan fingerprint density at radius 3 is 2.43 bits per heavy atom. The smallest absolute Gasteiger partial charge is 0.420 e. The van der Waals surface area contributed by atoms with Crippen LogP contribution in [0, 0.1) is 0 Å². The number of rotatable bonds is 3. The van der Waals surface area contributed by atoms with Crippen molar-refractivity contribution in [2.75, 3.05) is 0 Å². The minimum atomic E-state index is -4.64. The van der Waals surface area contributed by atoms with Crippen molar-refractivity contribution in [1.82, 2.24) is 5.16 Å². The number of halogens is 3. The quantitative estimate of drug-likeness (QED) is 0.796. The average molecular weight is 322 g/mol. The van der Waals surface area contributed by atoms with Crippen molar-refractivity contribution in [3.8, 4) is 22.6 Å². The molecule has 0 spiro atoms. The van der Waals surface area contributed by atoms with E-state index in [1.807, 2.05) is 0 Å². The summed E-state index contributed by atoms with van der Waals surface area (Å²) in [6, 6.07) is 7.83. The predicted octanol–water partition coefficient (Wildman–Crippen LogP) is 3.72. The van der Waals surface area contributed by atoms with Gasteiger partial charge in [-0.25, -0.2) is 0 Å². The number of furan rings is 1. The fraction of sp³-hybridized carbons (Fsp3) is 0.0667. The highest BCUT2D eigenvalue weighted by molar-refractivity contribution is 5.99. The number of carbonyl (C=O) groups excluding carboxylic acids is 1. The monoisotopic (exact) mass is 322 g/mol. The van der Waals surface area contributed by atoms with Gasteiger partial charge in [-0.2, -0.15) is 13.2 Å². The van der Waals surface area contributed by atoms with E-state index in [-0.39, 0.29) is 28.1 Å². The second-order valence-corrected chi connectivity index (χ2v) is 4.66. The van der Waals surface area contributed by atoms with Crippen LogP contribution in [0.1, 0.15) is 15.9 Å². The predicted molar refractivity (Wildman–Crippen MR) is 73.2 cm³/mol. The summed E-state index contributed by atoms with van der Waals surface area (Å²) in [6.45, 7) is 0. The van der Waals surface area contributed by atoms with Gasteiger partial charge in [0.25, 0.3) is 5.91 Å². The zero-order valence-corrected chi connectivity index (χ0v) is 11.4. The number of hydrogen-bond donors (Lipinski definition) is 1. The molecule has 0 radical (unpaired) electrons. The van der Waals surface area contributed by atoms with Crippen LogP contribution in [0.3, 0.4) is 0 Å². The molecule has 0 aliphatic carbocycles. The summed E-state index contributed by atoms with van der Waals surface area (Å²) < 4.78 is 49.5. The Bertz CT molecular complexity index is 850. The average Bonchev–Trinajstić information content (AvgIpc) is 3.13. The van der Waals surface area contributed by atoms with Crippen LogP contribution in [-0.2, 0) is 6.18 Å². The molecule has 1 amide bonds. The van der Waals surface area contributed by atoms with E-state index >= 15 is 0 Å². The van der Waals surface area contributed by atoms with Gasteiger partial charge in [0, 0.05) is 5.56 Å². The van der Waals surface area contributed by atoms with Gasteiger partial charge in [0.15, 0.2) is 11.5 Å². The van der Waals surface area contributed by atoms with Crippen molar-refractivity contribution in [2.45, 2.75) is 6.18 Å². The normalized spacial score (nSPS) is 11.6. The molecule has 0 saturated heterocycles. The van der Waals surface area contributed by atoms with Crippen molar-refractivity contribution in [2.24, 2.45) is 5.73 Å². The highest BCUT2D eigenvalue weighted by Gasteiger charge is 2.38. The Kier molecular flexibility index (Phi) is 3.44. The number of hydrogen-bond acceptors (Lipinski definition) is 4. The molecule has 118 valence electrons. The molecule has 0 unspecified atom stereocenters. The first-order chi connectivity index (χ1) is 10.9. The molecule has 2 aromatic heterocycles. The summed E-state index contributed by atoms with van der Waals surface area (Å²) in [5, 5.41) is 3.55. The lowest BCUT2D eigenvalue weighted by molar-refractivity contribution is -0.137. The van der Waals surface area contributed by atoms with Crippen molar-refractivity contribution in [3.05, 3.63) is 54.0 Å². The molecule has 0 fully saturated rings. The van der Waals surface area contributed by atoms with E-state index in [1.165, 1.54) is 12.1 Å². The maximum Gasteiger partial charge on any atom is 0.420 e. The molecule has 3 rings (SSSR count). The van der Waals surface area contributed by atoms with Crippen molar-refractivity contribution < 1.29 is 26.9 Å². The molecular weight excluding hydrogens is 313 g/mol. The Hall–Kier alpha value is -3.03. The van der Waals surface area contributed by atoms with Gasteiger partial charge in [-0.1, -0.05) is 35.5 Å². The van der Waals surface area contributed by atoms with E-state index in [1.54, 1.807) is 18.2 Å². The molecule has 0 aliphatic rings. The SMILES string of the molecule is NC(=O)c1conc1-c1occ(C(F)(F)F)c1-c1ccccc1. The fourth-order valence-corrected chi connectivity index (χ4v) is 2.21. The zero-order chi connectivity index (χ0) is 16.6. The summed E-state index contributed by atoms with van der Waals surface area (Å²) in [5.74, 6) is -1.11. The first-order valence-electron chi connectivity index (χ1n) is 6.38. The molecule has 0 aliphatic heterocycles. The highest BCUT2D eigenvalue weighted by atomic mass is 19.4. The molecule has 0 atom stereocenters. The van der Waals surface area contributed by atoms with Crippen LogP contribution >= 0.6 is 0 Å². The molecule has 3 aromatic rings. The lowest BCUT2D eigenvalue weighted by atomic mass is 9.99. The maximum atomic E-state index is 13.3. The summed E-state index contributed by atoms with van der Waals surface area (Å²) in [5.41, 5.74) is 3.90. The lowest BCUT2D eigenvalue weighted by Crippen LogP contribution is -2.11. The zero-order valence-electron chi connectivity index (χ0n) is 11.4. The van der Waals surface area contributed by atoms with Gasteiger partial charge in [0.2, 0.25) is 0 Å². The summed E-state index contributed by atoms with van der Waals surface area (Å²) >= 11 is 0. The number of alkyl halides is 3. The van der Waals surface area contributed by atoms with E-state index in [9.17, 15) is 18.0 Å². The van der Waals surface area contributed by atoms with Gasteiger partial charge >= 0.3 is 6.18 Å². The van der Waals surface area contributed by atoms with Gasteiger partial charge in [-0.3, -0.25) is 4.79 Å².